The molecular weight excluding hydrogens is 156 g/mol. The first-order chi connectivity index (χ1) is 5.72. The molecule has 1 amide bonds. The van der Waals surface area contributed by atoms with E-state index in [9.17, 15) is 4.79 Å². The smallest absolute Gasteiger partial charge is 0.404 e. The number of nitrogens with one attached hydrogen (secondary N) is 1. The van der Waals surface area contributed by atoms with Gasteiger partial charge in [-0.2, -0.15) is 5.26 Å². The van der Waals surface area contributed by atoms with Crippen LogP contribution in [0, 0.1) is 17.2 Å². The van der Waals surface area contributed by atoms with Crippen LogP contribution in [-0.4, -0.2) is 17.2 Å². The molecule has 2 N–H and O–H groups in total. The number of amides is 1. The van der Waals surface area contributed by atoms with Crippen molar-refractivity contribution in [1.29, 1.82) is 5.26 Å². The second-order valence-corrected chi connectivity index (χ2v) is 3.14. The highest BCUT2D eigenvalue weighted by molar-refractivity contribution is 5.64. The minimum absolute atomic E-state index is 0.0131. The van der Waals surface area contributed by atoms with E-state index >= 15 is 0 Å². The number of nitriles is 1. The Hall–Kier alpha value is -1.24. The molecule has 0 spiro atoms. The Labute approximate surface area is 71.2 Å². The first-order valence-corrected chi connectivity index (χ1v) is 4.11. The van der Waals surface area contributed by atoms with Crippen LogP contribution in [0.3, 0.4) is 0 Å². The Morgan fingerprint density at radius 1 is 1.58 bits per heavy atom. The second-order valence-electron chi connectivity index (χ2n) is 3.14. The third kappa shape index (κ3) is 2.42. The van der Waals surface area contributed by atoms with Crippen LogP contribution in [0.2, 0.25) is 0 Å². The van der Waals surface area contributed by atoms with E-state index in [1.54, 1.807) is 0 Å². The number of carbonyl (C=O) groups is 1. The molecule has 12 heavy (non-hydrogen) atoms. The van der Waals surface area contributed by atoms with Crippen molar-refractivity contribution in [2.75, 3.05) is 0 Å². The van der Waals surface area contributed by atoms with Crippen molar-refractivity contribution in [2.45, 2.75) is 31.7 Å². The summed E-state index contributed by atoms with van der Waals surface area (Å²) in [5.41, 5.74) is 0. The number of hydrogen-bond acceptors (Lipinski definition) is 2. The standard InChI is InChI=1S/C8H12N2O2/c9-5-6-2-1-3-7(4-6)10-8(11)12/h6-7,10H,1-4H2,(H,11,12)/t6-,7-/m1/s1. The lowest BCUT2D eigenvalue weighted by molar-refractivity contribution is 0.184. The lowest BCUT2D eigenvalue weighted by Crippen LogP contribution is -2.37. The van der Waals surface area contributed by atoms with E-state index in [2.05, 4.69) is 11.4 Å². The Morgan fingerprint density at radius 2 is 2.33 bits per heavy atom. The van der Waals surface area contributed by atoms with Crippen molar-refractivity contribution in [1.82, 2.24) is 5.32 Å². The Kier molecular flexibility index (Phi) is 2.92. The summed E-state index contributed by atoms with van der Waals surface area (Å²) in [7, 11) is 0. The molecule has 66 valence electrons. The lowest BCUT2D eigenvalue weighted by Gasteiger charge is -2.24. The molecule has 4 heteroatoms. The fourth-order valence-electron chi connectivity index (χ4n) is 1.61. The van der Waals surface area contributed by atoms with Gasteiger partial charge in [0, 0.05) is 12.0 Å². The van der Waals surface area contributed by atoms with Gasteiger partial charge in [-0.3, -0.25) is 0 Å². The molecule has 1 rings (SSSR count). The summed E-state index contributed by atoms with van der Waals surface area (Å²) in [6.07, 6.45) is 2.41. The van der Waals surface area contributed by atoms with Crippen LogP contribution in [0.25, 0.3) is 0 Å². The monoisotopic (exact) mass is 168 g/mol. The van der Waals surface area contributed by atoms with E-state index in [1.807, 2.05) is 0 Å². The van der Waals surface area contributed by atoms with Gasteiger partial charge in [-0.25, -0.2) is 4.79 Å². The van der Waals surface area contributed by atoms with Crippen LogP contribution in [0.5, 0.6) is 0 Å². The molecule has 0 aliphatic heterocycles. The topological polar surface area (TPSA) is 73.1 Å². The number of hydrogen-bond donors (Lipinski definition) is 2. The maximum Gasteiger partial charge on any atom is 0.404 e. The summed E-state index contributed by atoms with van der Waals surface area (Å²) < 4.78 is 0. The molecule has 0 heterocycles. The van der Waals surface area contributed by atoms with E-state index in [1.165, 1.54) is 0 Å². The molecule has 2 atom stereocenters. The van der Waals surface area contributed by atoms with Gasteiger partial charge in [0.25, 0.3) is 0 Å². The molecular formula is C8H12N2O2. The fourth-order valence-corrected chi connectivity index (χ4v) is 1.61. The Balaban J connectivity index is 2.36. The number of nitrogens with zero attached hydrogens (tertiary/aromatic N) is 1. The predicted molar refractivity (Wildman–Crippen MR) is 42.5 cm³/mol. The lowest BCUT2D eigenvalue weighted by atomic mass is 9.87. The van der Waals surface area contributed by atoms with Crippen LogP contribution < -0.4 is 5.32 Å². The molecule has 4 nitrogen and oxygen atoms in total. The zero-order valence-corrected chi connectivity index (χ0v) is 6.79. The highest BCUT2D eigenvalue weighted by Gasteiger charge is 2.22. The minimum Gasteiger partial charge on any atom is -0.465 e. The third-order valence-electron chi connectivity index (χ3n) is 2.18. The summed E-state index contributed by atoms with van der Waals surface area (Å²) in [5, 5.41) is 19.5. The van der Waals surface area contributed by atoms with Crippen LogP contribution in [0.4, 0.5) is 4.79 Å². The van der Waals surface area contributed by atoms with Crippen LogP contribution in [-0.2, 0) is 0 Å². The van der Waals surface area contributed by atoms with Gasteiger partial charge >= 0.3 is 6.09 Å². The molecule has 0 unspecified atom stereocenters. The highest BCUT2D eigenvalue weighted by atomic mass is 16.4. The maximum absolute atomic E-state index is 10.3. The van der Waals surface area contributed by atoms with Crippen molar-refractivity contribution in [3.8, 4) is 6.07 Å². The zero-order valence-electron chi connectivity index (χ0n) is 6.79. The van der Waals surface area contributed by atoms with E-state index in [0.29, 0.717) is 6.42 Å². The van der Waals surface area contributed by atoms with Gasteiger partial charge in [-0.05, 0) is 19.3 Å². The van der Waals surface area contributed by atoms with Crippen molar-refractivity contribution in [3.05, 3.63) is 0 Å². The van der Waals surface area contributed by atoms with E-state index < -0.39 is 6.09 Å². The van der Waals surface area contributed by atoms with Crippen molar-refractivity contribution >= 4 is 6.09 Å². The van der Waals surface area contributed by atoms with Crippen LogP contribution in [0.15, 0.2) is 0 Å². The van der Waals surface area contributed by atoms with Gasteiger partial charge in [0.05, 0.1) is 6.07 Å². The van der Waals surface area contributed by atoms with Crippen molar-refractivity contribution in [2.24, 2.45) is 5.92 Å². The largest absolute Gasteiger partial charge is 0.465 e. The minimum atomic E-state index is -0.987. The molecule has 1 fully saturated rings. The molecule has 0 aromatic heterocycles. The van der Waals surface area contributed by atoms with E-state index in [0.717, 1.165) is 19.3 Å². The molecule has 1 saturated carbocycles. The van der Waals surface area contributed by atoms with Gasteiger partial charge in [0.1, 0.15) is 0 Å². The summed E-state index contributed by atoms with van der Waals surface area (Å²) in [6.45, 7) is 0. The molecule has 0 aromatic rings. The third-order valence-corrected chi connectivity index (χ3v) is 2.18. The highest BCUT2D eigenvalue weighted by Crippen LogP contribution is 2.23. The molecule has 0 bridgehead atoms. The van der Waals surface area contributed by atoms with E-state index in [-0.39, 0.29) is 12.0 Å². The maximum atomic E-state index is 10.3. The van der Waals surface area contributed by atoms with Gasteiger partial charge in [0.15, 0.2) is 0 Å². The molecule has 0 saturated heterocycles. The molecule has 1 aliphatic rings. The molecule has 0 aromatic carbocycles. The van der Waals surface area contributed by atoms with Gasteiger partial charge in [-0.15, -0.1) is 0 Å². The van der Waals surface area contributed by atoms with Crippen LogP contribution in [0.1, 0.15) is 25.7 Å². The van der Waals surface area contributed by atoms with E-state index in [4.69, 9.17) is 10.4 Å². The molecule has 0 radical (unpaired) electrons. The SMILES string of the molecule is N#C[C@@H]1CCC[C@@H](NC(=O)O)C1. The fraction of sp³-hybridized carbons (Fsp3) is 0.750. The van der Waals surface area contributed by atoms with Crippen LogP contribution >= 0.6 is 0 Å². The van der Waals surface area contributed by atoms with Gasteiger partial charge in [-0.1, -0.05) is 6.42 Å². The summed E-state index contributed by atoms with van der Waals surface area (Å²) >= 11 is 0. The Bertz CT molecular complexity index is 210. The average molecular weight is 168 g/mol. The first-order valence-electron chi connectivity index (χ1n) is 4.11. The second kappa shape index (κ2) is 3.96. The van der Waals surface area contributed by atoms with Crippen molar-refractivity contribution < 1.29 is 9.90 Å². The number of rotatable bonds is 1. The summed E-state index contributed by atoms with van der Waals surface area (Å²) in [4.78, 5) is 10.3. The van der Waals surface area contributed by atoms with Gasteiger partial charge in [0.2, 0.25) is 0 Å². The number of carboxylic acid groups (broad SMARTS) is 1. The van der Waals surface area contributed by atoms with Gasteiger partial charge < -0.3 is 10.4 Å². The molecule has 1 aliphatic carbocycles. The van der Waals surface area contributed by atoms with Crippen molar-refractivity contribution in [3.63, 3.8) is 0 Å². The average Bonchev–Trinajstić information content (AvgIpc) is 2.03. The predicted octanol–water partition coefficient (Wildman–Crippen LogP) is 1.34. The summed E-state index contributed by atoms with van der Waals surface area (Å²) in [5.74, 6) is 0.0376. The zero-order chi connectivity index (χ0) is 8.97. The quantitative estimate of drug-likeness (QED) is 0.620. The normalized spacial score (nSPS) is 28.9. The first kappa shape index (κ1) is 8.85. The Morgan fingerprint density at radius 3 is 2.92 bits per heavy atom. The summed E-state index contributed by atoms with van der Waals surface area (Å²) in [6, 6.07) is 2.16.